The van der Waals surface area contributed by atoms with Crippen LogP contribution in [0.2, 0.25) is 0 Å². The molecule has 1 aliphatic heterocycles. The van der Waals surface area contributed by atoms with Crippen molar-refractivity contribution in [1.29, 1.82) is 5.26 Å². The SMILES string of the molecule is CCc1nn(CCOC2CCCCO2)c(CC)c1Oc1cc(F)cc(C#N)c1. The average molecular weight is 387 g/mol. The van der Waals surface area contributed by atoms with Crippen molar-refractivity contribution in [3.05, 3.63) is 41.0 Å². The van der Waals surface area contributed by atoms with Crippen LogP contribution in [-0.2, 0) is 28.9 Å². The van der Waals surface area contributed by atoms with E-state index in [4.69, 9.17) is 19.5 Å². The zero-order valence-corrected chi connectivity index (χ0v) is 16.4. The van der Waals surface area contributed by atoms with Gasteiger partial charge >= 0.3 is 0 Å². The Labute approximate surface area is 164 Å². The molecule has 0 aliphatic carbocycles. The van der Waals surface area contributed by atoms with Crippen molar-refractivity contribution in [2.45, 2.75) is 58.8 Å². The first-order valence-corrected chi connectivity index (χ1v) is 9.84. The highest BCUT2D eigenvalue weighted by molar-refractivity contribution is 5.42. The summed E-state index contributed by atoms with van der Waals surface area (Å²) in [5.41, 5.74) is 1.95. The molecule has 7 heteroatoms. The predicted octanol–water partition coefficient (Wildman–Crippen LogP) is 4.35. The Kier molecular flexibility index (Phi) is 7.01. The van der Waals surface area contributed by atoms with E-state index >= 15 is 0 Å². The second kappa shape index (κ2) is 9.67. The van der Waals surface area contributed by atoms with E-state index in [1.807, 2.05) is 24.6 Å². The molecule has 0 amide bonds. The molecule has 3 rings (SSSR count). The van der Waals surface area contributed by atoms with Crippen LogP contribution in [0.15, 0.2) is 18.2 Å². The first kappa shape index (κ1) is 20.3. The van der Waals surface area contributed by atoms with Gasteiger partial charge in [0.2, 0.25) is 0 Å². The number of hydrogen-bond acceptors (Lipinski definition) is 5. The van der Waals surface area contributed by atoms with Crippen LogP contribution in [0.5, 0.6) is 11.5 Å². The van der Waals surface area contributed by atoms with Gasteiger partial charge in [-0.3, -0.25) is 4.68 Å². The molecule has 0 N–H and O–H groups in total. The van der Waals surface area contributed by atoms with Crippen molar-refractivity contribution in [3.8, 4) is 17.6 Å². The topological polar surface area (TPSA) is 69.3 Å². The van der Waals surface area contributed by atoms with E-state index < -0.39 is 5.82 Å². The van der Waals surface area contributed by atoms with Gasteiger partial charge in [0.1, 0.15) is 17.3 Å². The van der Waals surface area contributed by atoms with Crippen LogP contribution in [0, 0.1) is 17.1 Å². The monoisotopic (exact) mass is 387 g/mol. The van der Waals surface area contributed by atoms with Crippen molar-refractivity contribution in [2.75, 3.05) is 13.2 Å². The molecule has 1 aromatic carbocycles. The van der Waals surface area contributed by atoms with E-state index in [0.29, 0.717) is 37.5 Å². The van der Waals surface area contributed by atoms with E-state index in [1.54, 1.807) is 0 Å². The van der Waals surface area contributed by atoms with Crippen molar-refractivity contribution in [3.63, 3.8) is 0 Å². The van der Waals surface area contributed by atoms with E-state index in [2.05, 4.69) is 5.10 Å². The van der Waals surface area contributed by atoms with Crippen LogP contribution in [-0.4, -0.2) is 29.3 Å². The Bertz CT molecular complexity index is 838. The summed E-state index contributed by atoms with van der Waals surface area (Å²) in [6, 6.07) is 5.94. The molecule has 2 aromatic rings. The van der Waals surface area contributed by atoms with Gasteiger partial charge in [0, 0.05) is 12.7 Å². The molecule has 0 bridgehead atoms. The summed E-state index contributed by atoms with van der Waals surface area (Å²) in [7, 11) is 0. The lowest BCUT2D eigenvalue weighted by Crippen LogP contribution is -2.24. The fraction of sp³-hybridized carbons (Fsp3) is 0.524. The third-order valence-corrected chi connectivity index (χ3v) is 4.71. The third-order valence-electron chi connectivity index (χ3n) is 4.71. The second-order valence-electron chi connectivity index (χ2n) is 6.71. The maximum atomic E-state index is 13.8. The fourth-order valence-corrected chi connectivity index (χ4v) is 3.33. The third kappa shape index (κ3) is 4.89. The predicted molar refractivity (Wildman–Crippen MR) is 102 cm³/mol. The lowest BCUT2D eigenvalue weighted by Gasteiger charge is -2.22. The number of nitrogens with zero attached hydrogens (tertiary/aromatic N) is 3. The van der Waals surface area contributed by atoms with Crippen LogP contribution >= 0.6 is 0 Å². The maximum Gasteiger partial charge on any atom is 0.171 e. The van der Waals surface area contributed by atoms with Gasteiger partial charge in [-0.2, -0.15) is 10.4 Å². The summed E-state index contributed by atoms with van der Waals surface area (Å²) in [6.45, 7) is 5.87. The van der Waals surface area contributed by atoms with Gasteiger partial charge in [-0.1, -0.05) is 13.8 Å². The van der Waals surface area contributed by atoms with E-state index in [0.717, 1.165) is 37.3 Å². The number of aromatic nitrogens is 2. The van der Waals surface area contributed by atoms with Gasteiger partial charge in [-0.25, -0.2) is 4.39 Å². The highest BCUT2D eigenvalue weighted by Gasteiger charge is 2.19. The zero-order valence-electron chi connectivity index (χ0n) is 16.4. The Morgan fingerprint density at radius 2 is 2.14 bits per heavy atom. The number of aryl methyl sites for hydroxylation is 1. The zero-order chi connectivity index (χ0) is 19.9. The summed E-state index contributed by atoms with van der Waals surface area (Å²) in [6.07, 6.45) is 4.41. The Balaban J connectivity index is 1.75. The Morgan fingerprint density at radius 3 is 2.82 bits per heavy atom. The van der Waals surface area contributed by atoms with Crippen LogP contribution in [0.4, 0.5) is 4.39 Å². The van der Waals surface area contributed by atoms with Gasteiger partial charge in [0.05, 0.1) is 30.5 Å². The fourth-order valence-electron chi connectivity index (χ4n) is 3.33. The molecule has 1 aromatic heterocycles. The normalized spacial score (nSPS) is 16.7. The standard InChI is InChI=1S/C21H26FN3O3/c1-3-18-21(28-17-12-15(14-23)11-16(22)13-17)19(4-2)25(24-18)8-10-27-20-7-5-6-9-26-20/h11-13,20H,3-10H2,1-2H3. The highest BCUT2D eigenvalue weighted by atomic mass is 19.1. The molecule has 0 spiro atoms. The minimum absolute atomic E-state index is 0.132. The molecule has 1 aliphatic rings. The number of rotatable bonds is 8. The van der Waals surface area contributed by atoms with Gasteiger partial charge in [-0.05, 0) is 44.2 Å². The molecule has 0 radical (unpaired) electrons. The number of benzene rings is 1. The average Bonchev–Trinajstić information content (AvgIpc) is 3.04. The van der Waals surface area contributed by atoms with Gasteiger partial charge in [0.25, 0.3) is 0 Å². The summed E-state index contributed by atoms with van der Waals surface area (Å²) in [5.74, 6) is 0.430. The quantitative estimate of drug-likeness (QED) is 0.673. The molecule has 1 fully saturated rings. The summed E-state index contributed by atoms with van der Waals surface area (Å²) in [5, 5.41) is 13.7. The smallest absolute Gasteiger partial charge is 0.171 e. The van der Waals surface area contributed by atoms with E-state index in [1.165, 1.54) is 18.2 Å². The van der Waals surface area contributed by atoms with E-state index in [9.17, 15) is 4.39 Å². The minimum atomic E-state index is -0.501. The van der Waals surface area contributed by atoms with Gasteiger partial charge in [-0.15, -0.1) is 0 Å². The lowest BCUT2D eigenvalue weighted by molar-refractivity contribution is -0.163. The molecule has 6 nitrogen and oxygen atoms in total. The first-order valence-electron chi connectivity index (χ1n) is 9.84. The summed E-state index contributed by atoms with van der Waals surface area (Å²) < 4.78 is 33.0. The molecular formula is C21H26FN3O3. The lowest BCUT2D eigenvalue weighted by atomic mass is 10.2. The number of ether oxygens (including phenoxy) is 3. The van der Waals surface area contributed by atoms with Crippen molar-refractivity contribution in [2.24, 2.45) is 0 Å². The van der Waals surface area contributed by atoms with E-state index in [-0.39, 0.29) is 11.9 Å². The van der Waals surface area contributed by atoms with Crippen LogP contribution < -0.4 is 4.74 Å². The highest BCUT2D eigenvalue weighted by Crippen LogP contribution is 2.31. The van der Waals surface area contributed by atoms with Crippen LogP contribution in [0.25, 0.3) is 0 Å². The number of hydrogen-bond donors (Lipinski definition) is 0. The number of nitriles is 1. The largest absolute Gasteiger partial charge is 0.453 e. The number of halogens is 1. The van der Waals surface area contributed by atoms with Crippen LogP contribution in [0.1, 0.15) is 50.1 Å². The van der Waals surface area contributed by atoms with Crippen molar-refractivity contribution in [1.82, 2.24) is 9.78 Å². The Hall–Kier alpha value is -2.43. The molecule has 1 saturated heterocycles. The summed E-state index contributed by atoms with van der Waals surface area (Å²) >= 11 is 0. The van der Waals surface area contributed by atoms with Crippen molar-refractivity contribution >= 4 is 0 Å². The minimum Gasteiger partial charge on any atom is -0.453 e. The summed E-state index contributed by atoms with van der Waals surface area (Å²) in [4.78, 5) is 0. The molecule has 28 heavy (non-hydrogen) atoms. The van der Waals surface area contributed by atoms with Crippen LogP contribution in [0.3, 0.4) is 0 Å². The first-order chi connectivity index (χ1) is 13.6. The van der Waals surface area contributed by atoms with Gasteiger partial charge < -0.3 is 14.2 Å². The molecule has 0 saturated carbocycles. The second-order valence-corrected chi connectivity index (χ2v) is 6.71. The molecule has 1 atom stereocenters. The maximum absolute atomic E-state index is 13.8. The Morgan fingerprint density at radius 1 is 1.29 bits per heavy atom. The molecule has 1 unspecified atom stereocenters. The molecule has 150 valence electrons. The van der Waals surface area contributed by atoms with Gasteiger partial charge in [0.15, 0.2) is 12.0 Å². The molecular weight excluding hydrogens is 361 g/mol. The molecule has 2 heterocycles. The van der Waals surface area contributed by atoms with Crippen molar-refractivity contribution < 1.29 is 18.6 Å².